The van der Waals surface area contributed by atoms with Crippen LogP contribution in [-0.2, 0) is 11.3 Å². The number of nitrogens with zero attached hydrogens (tertiary/aromatic N) is 1. The second-order valence-corrected chi connectivity index (χ2v) is 6.49. The maximum absolute atomic E-state index is 12.5. The minimum Gasteiger partial charge on any atom is -0.496 e. The van der Waals surface area contributed by atoms with E-state index >= 15 is 0 Å². The molecule has 0 spiro atoms. The van der Waals surface area contributed by atoms with Crippen molar-refractivity contribution in [1.82, 2.24) is 4.90 Å². The van der Waals surface area contributed by atoms with Gasteiger partial charge in [0.2, 0.25) is 0 Å². The van der Waals surface area contributed by atoms with E-state index in [1.807, 2.05) is 30.3 Å². The topological polar surface area (TPSA) is 48.0 Å². The summed E-state index contributed by atoms with van der Waals surface area (Å²) in [5.41, 5.74) is 2.83. The smallest absolute Gasteiger partial charge is 0.164 e. The lowest BCUT2D eigenvalue weighted by atomic mass is 9.99. The third kappa shape index (κ3) is 4.49. The zero-order chi connectivity index (χ0) is 19.2. The van der Waals surface area contributed by atoms with Gasteiger partial charge in [-0.3, -0.25) is 9.69 Å². The lowest BCUT2D eigenvalue weighted by Crippen LogP contribution is -2.35. The molecule has 1 saturated heterocycles. The quantitative estimate of drug-likeness (QED) is 0.731. The van der Waals surface area contributed by atoms with Crippen molar-refractivity contribution in [2.24, 2.45) is 0 Å². The van der Waals surface area contributed by atoms with Crippen LogP contribution < -0.4 is 14.2 Å². The van der Waals surface area contributed by atoms with Crippen LogP contribution in [0.15, 0.2) is 48.0 Å². The molecule has 0 N–H and O–H groups in total. The number of hydrogen-bond donors (Lipinski definition) is 0. The molecule has 0 bridgehead atoms. The fourth-order valence-corrected chi connectivity index (χ4v) is 3.28. The molecule has 3 rings (SSSR count). The Kier molecular flexibility index (Phi) is 6.14. The zero-order valence-corrected chi connectivity index (χ0v) is 16.0. The largest absolute Gasteiger partial charge is 0.496 e. The number of likely N-dealkylation sites (tertiary alicyclic amines) is 1. The van der Waals surface area contributed by atoms with Crippen molar-refractivity contribution in [3.63, 3.8) is 0 Å². The zero-order valence-electron chi connectivity index (χ0n) is 16.0. The lowest BCUT2D eigenvalue weighted by molar-refractivity contribution is -0.117. The minimum absolute atomic E-state index is 0.177. The van der Waals surface area contributed by atoms with Crippen molar-refractivity contribution in [1.29, 1.82) is 0 Å². The van der Waals surface area contributed by atoms with Crippen LogP contribution in [-0.4, -0.2) is 45.1 Å². The summed E-state index contributed by atoms with van der Waals surface area (Å²) in [6, 6.07) is 13.9. The molecule has 1 aliphatic rings. The summed E-state index contributed by atoms with van der Waals surface area (Å²) >= 11 is 0. The van der Waals surface area contributed by atoms with Gasteiger partial charge in [-0.2, -0.15) is 0 Å². The maximum Gasteiger partial charge on any atom is 0.164 e. The summed E-state index contributed by atoms with van der Waals surface area (Å²) in [7, 11) is 4.78. The highest BCUT2D eigenvalue weighted by Gasteiger charge is 2.22. The molecule has 0 amide bonds. The third-order valence-corrected chi connectivity index (χ3v) is 4.72. The number of carbonyl (C=O) groups is 1. The first-order chi connectivity index (χ1) is 13.1. The van der Waals surface area contributed by atoms with Gasteiger partial charge in [-0.05, 0) is 17.7 Å². The summed E-state index contributed by atoms with van der Waals surface area (Å²) < 4.78 is 16.2. The Morgan fingerprint density at radius 1 is 0.963 bits per heavy atom. The Morgan fingerprint density at radius 2 is 1.63 bits per heavy atom. The van der Waals surface area contributed by atoms with E-state index in [1.165, 1.54) is 5.56 Å². The molecule has 0 atom stereocenters. The monoisotopic (exact) mass is 367 g/mol. The summed E-state index contributed by atoms with van der Waals surface area (Å²) in [5.74, 6) is 2.02. The normalized spacial score (nSPS) is 16.4. The Labute approximate surface area is 160 Å². The van der Waals surface area contributed by atoms with Crippen LogP contribution in [0.4, 0.5) is 0 Å². The number of hydrogen-bond acceptors (Lipinski definition) is 5. The molecular formula is C22H25NO4. The van der Waals surface area contributed by atoms with Crippen molar-refractivity contribution in [3.8, 4) is 17.2 Å². The van der Waals surface area contributed by atoms with Crippen LogP contribution in [0.1, 0.15) is 17.5 Å². The van der Waals surface area contributed by atoms with E-state index in [1.54, 1.807) is 27.4 Å². The molecule has 142 valence electrons. The molecular weight excluding hydrogens is 342 g/mol. The number of ketones is 1. The van der Waals surface area contributed by atoms with Crippen molar-refractivity contribution >= 4 is 11.9 Å². The molecule has 1 heterocycles. The molecule has 1 aliphatic heterocycles. The van der Waals surface area contributed by atoms with E-state index in [0.717, 1.165) is 24.2 Å². The molecule has 5 nitrogen and oxygen atoms in total. The fraction of sp³-hybridized carbons (Fsp3) is 0.318. The van der Waals surface area contributed by atoms with E-state index in [0.29, 0.717) is 30.2 Å². The van der Waals surface area contributed by atoms with Gasteiger partial charge >= 0.3 is 0 Å². The number of piperidine rings is 1. The molecule has 2 aromatic rings. The first-order valence-electron chi connectivity index (χ1n) is 8.94. The first-order valence-corrected chi connectivity index (χ1v) is 8.94. The minimum atomic E-state index is 0.177. The van der Waals surface area contributed by atoms with Crippen LogP contribution in [0.25, 0.3) is 6.08 Å². The molecule has 5 heteroatoms. The van der Waals surface area contributed by atoms with Crippen molar-refractivity contribution in [2.45, 2.75) is 13.0 Å². The summed E-state index contributed by atoms with van der Waals surface area (Å²) in [4.78, 5) is 14.8. The fourth-order valence-electron chi connectivity index (χ4n) is 3.28. The van der Waals surface area contributed by atoms with Crippen LogP contribution in [0.2, 0.25) is 0 Å². The highest BCUT2D eigenvalue weighted by molar-refractivity contribution is 6.01. The van der Waals surface area contributed by atoms with Crippen molar-refractivity contribution in [3.05, 3.63) is 59.2 Å². The molecule has 0 unspecified atom stereocenters. The van der Waals surface area contributed by atoms with Crippen LogP contribution in [0.3, 0.4) is 0 Å². The predicted molar refractivity (Wildman–Crippen MR) is 105 cm³/mol. The van der Waals surface area contributed by atoms with E-state index in [-0.39, 0.29) is 5.78 Å². The van der Waals surface area contributed by atoms with Gasteiger partial charge in [-0.15, -0.1) is 0 Å². The standard InChI is InChI=1S/C22H25NO4/c1-25-20-13-22(27-3)21(26-2)12-17(20)11-18-15-23(10-9-19(18)24)14-16-7-5-4-6-8-16/h4-8,11-13H,9-10,14-15H2,1-3H3/b18-11+. The molecule has 0 radical (unpaired) electrons. The Hall–Kier alpha value is -2.79. The van der Waals surface area contributed by atoms with E-state index < -0.39 is 0 Å². The van der Waals surface area contributed by atoms with Crippen LogP contribution >= 0.6 is 0 Å². The Morgan fingerprint density at radius 3 is 2.30 bits per heavy atom. The van der Waals surface area contributed by atoms with Gasteiger partial charge < -0.3 is 14.2 Å². The Balaban J connectivity index is 1.87. The predicted octanol–water partition coefficient (Wildman–Crippen LogP) is 3.57. The van der Waals surface area contributed by atoms with Crippen molar-refractivity contribution < 1.29 is 19.0 Å². The van der Waals surface area contributed by atoms with E-state index in [9.17, 15) is 4.79 Å². The van der Waals surface area contributed by atoms with Crippen LogP contribution in [0, 0.1) is 0 Å². The first kappa shape index (κ1) is 19.0. The van der Waals surface area contributed by atoms with E-state index in [2.05, 4.69) is 17.0 Å². The third-order valence-electron chi connectivity index (χ3n) is 4.72. The second kappa shape index (κ2) is 8.73. The molecule has 1 fully saturated rings. The van der Waals surface area contributed by atoms with Gasteiger partial charge in [0, 0.05) is 43.3 Å². The number of ether oxygens (including phenoxy) is 3. The van der Waals surface area contributed by atoms with Crippen molar-refractivity contribution in [2.75, 3.05) is 34.4 Å². The van der Waals surface area contributed by atoms with Gasteiger partial charge in [-0.25, -0.2) is 0 Å². The molecule has 0 saturated carbocycles. The number of rotatable bonds is 6. The summed E-state index contributed by atoms with van der Waals surface area (Å²) in [6.45, 7) is 2.22. The molecule has 27 heavy (non-hydrogen) atoms. The molecule has 2 aromatic carbocycles. The number of benzene rings is 2. The average Bonchev–Trinajstić information content (AvgIpc) is 2.70. The number of methoxy groups -OCH3 is 3. The van der Waals surface area contributed by atoms with Gasteiger partial charge in [0.1, 0.15) is 5.75 Å². The SMILES string of the molecule is COc1cc(OC)c(OC)cc1/C=C1\CN(Cc2ccccc2)CCC1=O. The number of carbonyl (C=O) groups excluding carboxylic acids is 1. The Bertz CT molecular complexity index is 830. The second-order valence-electron chi connectivity index (χ2n) is 6.49. The lowest BCUT2D eigenvalue weighted by Gasteiger charge is -2.28. The maximum atomic E-state index is 12.5. The molecule has 0 aliphatic carbocycles. The van der Waals surface area contributed by atoms with Crippen LogP contribution in [0.5, 0.6) is 17.2 Å². The summed E-state index contributed by atoms with van der Waals surface area (Å²) in [5, 5.41) is 0. The highest BCUT2D eigenvalue weighted by Crippen LogP contribution is 2.36. The van der Waals surface area contributed by atoms with E-state index in [4.69, 9.17) is 14.2 Å². The average molecular weight is 367 g/mol. The highest BCUT2D eigenvalue weighted by atomic mass is 16.5. The van der Waals surface area contributed by atoms with Gasteiger partial charge in [0.25, 0.3) is 0 Å². The number of Topliss-reactive ketones (excluding diaryl/α,β-unsaturated/α-hetero) is 1. The van der Waals surface area contributed by atoms with Gasteiger partial charge in [0.15, 0.2) is 17.3 Å². The molecule has 0 aromatic heterocycles. The van der Waals surface area contributed by atoms with Gasteiger partial charge in [0.05, 0.1) is 21.3 Å². The summed E-state index contributed by atoms with van der Waals surface area (Å²) in [6.07, 6.45) is 2.43. The van der Waals surface area contributed by atoms with Gasteiger partial charge in [-0.1, -0.05) is 30.3 Å².